The van der Waals surface area contributed by atoms with Crippen LogP contribution in [0.25, 0.3) is 21.6 Å². The molecule has 29 heavy (non-hydrogen) atoms. The van der Waals surface area contributed by atoms with Crippen molar-refractivity contribution in [2.45, 2.75) is 0 Å². The summed E-state index contributed by atoms with van der Waals surface area (Å²) >= 11 is 8.32. The van der Waals surface area contributed by atoms with E-state index in [0.29, 0.717) is 16.4 Å². The molecule has 2 aromatic carbocycles. The lowest BCUT2D eigenvalue weighted by Crippen LogP contribution is -2.07. The predicted octanol–water partition coefficient (Wildman–Crippen LogP) is 5.04. The van der Waals surface area contributed by atoms with Gasteiger partial charge in [0, 0.05) is 27.4 Å². The molecule has 1 amide bonds. The Morgan fingerprint density at radius 2 is 2.14 bits per heavy atom. The van der Waals surface area contributed by atoms with Gasteiger partial charge in [0.05, 0.1) is 11.6 Å². The topological polar surface area (TPSA) is 81.4 Å². The van der Waals surface area contributed by atoms with E-state index in [1.165, 1.54) is 17.4 Å². The number of anilines is 1. The maximum atomic E-state index is 12.4. The van der Waals surface area contributed by atoms with E-state index in [0.717, 1.165) is 25.1 Å². The second-order valence-electron chi connectivity index (χ2n) is 5.88. The SMILES string of the molecule is COc1c(Br)cc(Br)cc1C=CC(=O)Nc1cccc(-c2nn3cnnc3s2)c1. The molecule has 0 bridgehead atoms. The van der Waals surface area contributed by atoms with Crippen LogP contribution in [0.2, 0.25) is 0 Å². The van der Waals surface area contributed by atoms with Gasteiger partial charge in [0.25, 0.3) is 0 Å². The van der Waals surface area contributed by atoms with Gasteiger partial charge in [0.2, 0.25) is 10.9 Å². The highest BCUT2D eigenvalue weighted by atomic mass is 79.9. The van der Waals surface area contributed by atoms with E-state index in [4.69, 9.17) is 4.74 Å². The van der Waals surface area contributed by atoms with Gasteiger partial charge in [0.15, 0.2) is 0 Å². The van der Waals surface area contributed by atoms with E-state index >= 15 is 0 Å². The van der Waals surface area contributed by atoms with E-state index in [1.807, 2.05) is 36.4 Å². The number of carbonyl (C=O) groups excluding carboxylic acids is 1. The summed E-state index contributed by atoms with van der Waals surface area (Å²) in [5.41, 5.74) is 2.34. The number of ether oxygens (including phenoxy) is 1. The summed E-state index contributed by atoms with van der Waals surface area (Å²) in [6, 6.07) is 11.3. The third kappa shape index (κ3) is 4.39. The van der Waals surface area contributed by atoms with Gasteiger partial charge in [-0.15, -0.1) is 10.2 Å². The molecule has 2 heterocycles. The highest BCUT2D eigenvalue weighted by molar-refractivity contribution is 9.11. The number of aromatic nitrogens is 4. The molecule has 0 unspecified atom stereocenters. The molecule has 1 N–H and O–H groups in total. The molecule has 0 aliphatic rings. The molecule has 0 saturated heterocycles. The summed E-state index contributed by atoms with van der Waals surface area (Å²) in [7, 11) is 1.59. The molecule has 0 aliphatic heterocycles. The van der Waals surface area contributed by atoms with E-state index in [-0.39, 0.29) is 5.91 Å². The van der Waals surface area contributed by atoms with Gasteiger partial charge in [-0.1, -0.05) is 39.4 Å². The number of rotatable bonds is 5. The van der Waals surface area contributed by atoms with Crippen LogP contribution < -0.4 is 10.1 Å². The fraction of sp³-hybridized carbons (Fsp3) is 0.0526. The average molecular weight is 535 g/mol. The number of amides is 1. The molecular weight excluding hydrogens is 522 g/mol. The van der Waals surface area contributed by atoms with E-state index in [9.17, 15) is 4.79 Å². The lowest BCUT2D eigenvalue weighted by molar-refractivity contribution is -0.111. The van der Waals surface area contributed by atoms with Gasteiger partial charge < -0.3 is 10.1 Å². The number of halogens is 2. The minimum absolute atomic E-state index is 0.251. The zero-order chi connectivity index (χ0) is 20.4. The second-order valence-corrected chi connectivity index (χ2v) is 8.60. The summed E-state index contributed by atoms with van der Waals surface area (Å²) in [4.78, 5) is 13.1. The Morgan fingerprint density at radius 3 is 2.93 bits per heavy atom. The van der Waals surface area contributed by atoms with Gasteiger partial charge in [-0.3, -0.25) is 4.79 Å². The van der Waals surface area contributed by atoms with E-state index < -0.39 is 0 Å². The van der Waals surface area contributed by atoms with Crippen LogP contribution in [0.15, 0.2) is 57.7 Å². The summed E-state index contributed by atoms with van der Waals surface area (Å²) in [5.74, 6) is 0.404. The Morgan fingerprint density at radius 1 is 1.28 bits per heavy atom. The summed E-state index contributed by atoms with van der Waals surface area (Å²) in [5, 5.41) is 15.9. The highest BCUT2D eigenvalue weighted by Gasteiger charge is 2.10. The van der Waals surface area contributed by atoms with Crippen LogP contribution in [0.5, 0.6) is 5.75 Å². The van der Waals surface area contributed by atoms with Crippen LogP contribution >= 0.6 is 43.2 Å². The van der Waals surface area contributed by atoms with Gasteiger partial charge in [-0.25, -0.2) is 0 Å². The molecule has 0 saturated carbocycles. The molecule has 7 nitrogen and oxygen atoms in total. The summed E-state index contributed by atoms with van der Waals surface area (Å²) in [6.07, 6.45) is 4.73. The molecule has 146 valence electrons. The molecule has 0 fully saturated rings. The Hall–Kier alpha value is -2.56. The quantitative estimate of drug-likeness (QED) is 0.363. The monoisotopic (exact) mass is 533 g/mol. The van der Waals surface area contributed by atoms with Crippen molar-refractivity contribution in [3.8, 4) is 16.3 Å². The Kier molecular flexibility index (Phi) is 5.74. The molecule has 0 spiro atoms. The first-order valence-electron chi connectivity index (χ1n) is 8.33. The number of fused-ring (bicyclic) bond motifs is 1. The third-order valence-electron chi connectivity index (χ3n) is 3.92. The number of benzene rings is 2. The second kappa shape index (κ2) is 8.44. The summed E-state index contributed by atoms with van der Waals surface area (Å²) < 4.78 is 8.70. The van der Waals surface area contributed by atoms with Crippen LogP contribution in [-0.2, 0) is 4.79 Å². The lowest BCUT2D eigenvalue weighted by Gasteiger charge is -2.08. The zero-order valence-electron chi connectivity index (χ0n) is 15.0. The van der Waals surface area contributed by atoms with Gasteiger partial charge >= 0.3 is 0 Å². The first-order chi connectivity index (χ1) is 14.0. The number of carbonyl (C=O) groups is 1. The van der Waals surface area contributed by atoms with Crippen molar-refractivity contribution < 1.29 is 9.53 Å². The fourth-order valence-electron chi connectivity index (χ4n) is 2.68. The third-order valence-corrected chi connectivity index (χ3v) is 5.93. The van der Waals surface area contributed by atoms with Crippen molar-refractivity contribution in [2.75, 3.05) is 12.4 Å². The van der Waals surface area contributed by atoms with Crippen molar-refractivity contribution in [1.29, 1.82) is 0 Å². The number of nitrogens with one attached hydrogen (secondary N) is 1. The number of hydrogen-bond acceptors (Lipinski definition) is 6. The van der Waals surface area contributed by atoms with E-state index in [1.54, 1.807) is 24.0 Å². The van der Waals surface area contributed by atoms with Gasteiger partial charge in [0.1, 0.15) is 17.1 Å². The normalized spacial score (nSPS) is 11.3. The maximum Gasteiger partial charge on any atom is 0.248 e. The number of methoxy groups -OCH3 is 1. The Labute approximate surface area is 186 Å². The number of nitrogens with zero attached hydrogens (tertiary/aromatic N) is 4. The van der Waals surface area contributed by atoms with Crippen LogP contribution in [0, 0.1) is 0 Å². The lowest BCUT2D eigenvalue weighted by atomic mass is 10.2. The first-order valence-corrected chi connectivity index (χ1v) is 10.7. The highest BCUT2D eigenvalue weighted by Crippen LogP contribution is 2.33. The zero-order valence-corrected chi connectivity index (χ0v) is 19.0. The largest absolute Gasteiger partial charge is 0.495 e. The molecule has 0 atom stereocenters. The van der Waals surface area contributed by atoms with Crippen molar-refractivity contribution in [3.05, 3.63) is 63.3 Å². The summed E-state index contributed by atoms with van der Waals surface area (Å²) in [6.45, 7) is 0. The van der Waals surface area contributed by atoms with Crippen LogP contribution in [0.4, 0.5) is 5.69 Å². The van der Waals surface area contributed by atoms with Crippen molar-refractivity contribution >= 4 is 65.8 Å². The van der Waals surface area contributed by atoms with Crippen molar-refractivity contribution in [1.82, 2.24) is 19.8 Å². The minimum atomic E-state index is -0.251. The van der Waals surface area contributed by atoms with Crippen LogP contribution in [-0.4, -0.2) is 32.8 Å². The molecular formula is C19H13Br2N5O2S. The van der Waals surface area contributed by atoms with Crippen molar-refractivity contribution in [2.24, 2.45) is 0 Å². The molecule has 10 heteroatoms. The first kappa shape index (κ1) is 19.7. The van der Waals surface area contributed by atoms with Crippen molar-refractivity contribution in [3.63, 3.8) is 0 Å². The van der Waals surface area contributed by atoms with E-state index in [2.05, 4.69) is 52.5 Å². The predicted molar refractivity (Wildman–Crippen MR) is 120 cm³/mol. The Bertz CT molecular complexity index is 1210. The number of hydrogen-bond donors (Lipinski definition) is 1. The maximum absolute atomic E-state index is 12.4. The standard InChI is InChI=1S/C19H13Br2N5O2S/c1-28-17-11(7-13(20)9-15(17)21)5-6-16(27)23-14-4-2-3-12(8-14)18-25-26-10-22-24-19(26)29-18/h2-10H,1H3,(H,23,27). The van der Waals surface area contributed by atoms with Gasteiger partial charge in [-0.05, 0) is 46.3 Å². The molecule has 0 aliphatic carbocycles. The smallest absolute Gasteiger partial charge is 0.248 e. The van der Waals surface area contributed by atoms with Crippen LogP contribution in [0.3, 0.4) is 0 Å². The Balaban J connectivity index is 1.52. The molecule has 4 rings (SSSR count). The molecule has 2 aromatic heterocycles. The van der Waals surface area contributed by atoms with Crippen LogP contribution in [0.1, 0.15) is 5.56 Å². The molecule has 4 aromatic rings. The average Bonchev–Trinajstić information content (AvgIpc) is 3.28. The fourth-order valence-corrected chi connectivity index (χ4v) is 4.91. The van der Waals surface area contributed by atoms with Gasteiger partial charge in [-0.2, -0.15) is 9.61 Å². The minimum Gasteiger partial charge on any atom is -0.495 e. The molecule has 0 radical (unpaired) electrons.